The standard InChI is InChI=1S/C27H29N3O2/c1-29(20-24-13-5-6-15-25(24)22-11-3-2-4-12-22)27(32)28-19-21-10-9-14-23(18-21)26(31)30-16-7-8-17-30/h2-6,9-15,18H,7-8,16-17,19-20H2,1H3,(H,28,32). The zero-order valence-corrected chi connectivity index (χ0v) is 18.5. The highest BCUT2D eigenvalue weighted by Gasteiger charge is 2.19. The van der Waals surface area contributed by atoms with Crippen molar-refractivity contribution >= 4 is 11.9 Å². The average Bonchev–Trinajstić information content (AvgIpc) is 3.38. The van der Waals surface area contributed by atoms with E-state index in [-0.39, 0.29) is 11.9 Å². The summed E-state index contributed by atoms with van der Waals surface area (Å²) in [6.45, 7) is 2.54. The summed E-state index contributed by atoms with van der Waals surface area (Å²) in [5, 5.41) is 2.98. The van der Waals surface area contributed by atoms with Gasteiger partial charge in [-0.05, 0) is 47.2 Å². The molecule has 3 aromatic rings. The Hall–Kier alpha value is -3.60. The molecule has 0 saturated carbocycles. The second kappa shape index (κ2) is 10.1. The van der Waals surface area contributed by atoms with E-state index in [0.29, 0.717) is 18.7 Å². The second-order valence-corrected chi connectivity index (χ2v) is 8.24. The van der Waals surface area contributed by atoms with E-state index in [2.05, 4.69) is 29.6 Å². The molecule has 4 rings (SSSR count). The van der Waals surface area contributed by atoms with Gasteiger partial charge in [0, 0.05) is 38.8 Å². The number of carbonyl (C=O) groups is 2. The molecule has 0 spiro atoms. The van der Waals surface area contributed by atoms with Crippen molar-refractivity contribution in [3.63, 3.8) is 0 Å². The van der Waals surface area contributed by atoms with E-state index in [1.54, 1.807) is 11.9 Å². The number of hydrogen-bond acceptors (Lipinski definition) is 2. The fraction of sp³-hybridized carbons (Fsp3) is 0.259. The van der Waals surface area contributed by atoms with Crippen molar-refractivity contribution in [3.05, 3.63) is 95.6 Å². The van der Waals surface area contributed by atoms with Crippen LogP contribution in [-0.2, 0) is 13.1 Å². The summed E-state index contributed by atoms with van der Waals surface area (Å²) in [6.07, 6.45) is 2.14. The van der Waals surface area contributed by atoms with Crippen molar-refractivity contribution in [3.8, 4) is 11.1 Å². The molecule has 5 nitrogen and oxygen atoms in total. The molecule has 1 fully saturated rings. The van der Waals surface area contributed by atoms with Crippen molar-refractivity contribution < 1.29 is 9.59 Å². The quantitative estimate of drug-likeness (QED) is 0.606. The molecule has 0 atom stereocenters. The molecule has 1 aliphatic rings. The fourth-order valence-corrected chi connectivity index (χ4v) is 4.11. The summed E-state index contributed by atoms with van der Waals surface area (Å²) >= 11 is 0. The van der Waals surface area contributed by atoms with Gasteiger partial charge in [-0.2, -0.15) is 0 Å². The molecule has 1 N–H and O–H groups in total. The van der Waals surface area contributed by atoms with Crippen LogP contribution in [0, 0.1) is 0 Å². The number of nitrogens with zero attached hydrogens (tertiary/aromatic N) is 2. The maximum Gasteiger partial charge on any atom is 0.317 e. The predicted molar refractivity (Wildman–Crippen MR) is 127 cm³/mol. The first kappa shape index (κ1) is 21.6. The van der Waals surface area contributed by atoms with Gasteiger partial charge < -0.3 is 15.1 Å². The molecule has 1 heterocycles. The van der Waals surface area contributed by atoms with Crippen molar-refractivity contribution in [1.29, 1.82) is 0 Å². The Balaban J connectivity index is 1.37. The number of likely N-dealkylation sites (tertiary alicyclic amines) is 1. The molecule has 1 saturated heterocycles. The van der Waals surface area contributed by atoms with Crippen LogP contribution in [0.15, 0.2) is 78.9 Å². The van der Waals surface area contributed by atoms with Crippen LogP contribution in [0.4, 0.5) is 4.79 Å². The van der Waals surface area contributed by atoms with Gasteiger partial charge in [0.15, 0.2) is 0 Å². The molecule has 32 heavy (non-hydrogen) atoms. The number of rotatable bonds is 6. The minimum atomic E-state index is -0.149. The average molecular weight is 428 g/mol. The third-order valence-electron chi connectivity index (χ3n) is 5.87. The Kier molecular flexibility index (Phi) is 6.85. The smallest absolute Gasteiger partial charge is 0.317 e. The Morgan fingerprint density at radius 3 is 2.41 bits per heavy atom. The van der Waals surface area contributed by atoms with Crippen LogP contribution in [-0.4, -0.2) is 41.9 Å². The van der Waals surface area contributed by atoms with Crippen molar-refractivity contribution in [2.24, 2.45) is 0 Å². The van der Waals surface area contributed by atoms with Crippen LogP contribution in [0.3, 0.4) is 0 Å². The summed E-state index contributed by atoms with van der Waals surface area (Å²) in [5.74, 6) is 0.0744. The Morgan fingerprint density at radius 1 is 0.906 bits per heavy atom. The maximum absolute atomic E-state index is 12.7. The summed E-state index contributed by atoms with van der Waals surface area (Å²) in [4.78, 5) is 28.9. The molecular formula is C27H29N3O2. The minimum absolute atomic E-state index is 0.0744. The molecular weight excluding hydrogens is 398 g/mol. The van der Waals surface area contributed by atoms with Gasteiger partial charge in [-0.3, -0.25) is 4.79 Å². The number of urea groups is 1. The van der Waals surface area contributed by atoms with Gasteiger partial charge in [0.05, 0.1) is 0 Å². The van der Waals surface area contributed by atoms with E-state index in [4.69, 9.17) is 0 Å². The lowest BCUT2D eigenvalue weighted by molar-refractivity contribution is 0.0792. The SMILES string of the molecule is CN(Cc1ccccc1-c1ccccc1)C(=O)NCc1cccc(C(=O)N2CCCC2)c1. The first-order valence-corrected chi connectivity index (χ1v) is 11.1. The van der Waals surface area contributed by atoms with Crippen LogP contribution >= 0.6 is 0 Å². The monoisotopic (exact) mass is 427 g/mol. The van der Waals surface area contributed by atoms with Gasteiger partial charge in [0.1, 0.15) is 0 Å². The van der Waals surface area contributed by atoms with Crippen molar-refractivity contribution in [1.82, 2.24) is 15.1 Å². The number of benzene rings is 3. The van der Waals surface area contributed by atoms with Crippen LogP contribution < -0.4 is 5.32 Å². The third kappa shape index (κ3) is 5.17. The molecule has 5 heteroatoms. The third-order valence-corrected chi connectivity index (χ3v) is 5.87. The highest BCUT2D eigenvalue weighted by atomic mass is 16.2. The summed E-state index contributed by atoms with van der Waals surface area (Å²) in [7, 11) is 1.80. The lowest BCUT2D eigenvalue weighted by atomic mass is 9.99. The van der Waals surface area contributed by atoms with E-state index in [1.165, 1.54) is 0 Å². The van der Waals surface area contributed by atoms with E-state index in [9.17, 15) is 9.59 Å². The van der Waals surface area contributed by atoms with Crippen LogP contribution in [0.2, 0.25) is 0 Å². The molecule has 0 radical (unpaired) electrons. The molecule has 3 aromatic carbocycles. The fourth-order valence-electron chi connectivity index (χ4n) is 4.11. The van der Waals surface area contributed by atoms with Crippen molar-refractivity contribution in [2.45, 2.75) is 25.9 Å². The molecule has 0 unspecified atom stereocenters. The van der Waals surface area contributed by atoms with Gasteiger partial charge in [-0.15, -0.1) is 0 Å². The van der Waals surface area contributed by atoms with Gasteiger partial charge in [-0.25, -0.2) is 4.79 Å². The number of amides is 3. The zero-order valence-electron chi connectivity index (χ0n) is 18.5. The number of nitrogens with one attached hydrogen (secondary N) is 1. The van der Waals surface area contributed by atoms with Gasteiger partial charge in [0.2, 0.25) is 0 Å². The molecule has 0 aromatic heterocycles. The van der Waals surface area contributed by atoms with Gasteiger partial charge >= 0.3 is 6.03 Å². The van der Waals surface area contributed by atoms with Gasteiger partial charge in [-0.1, -0.05) is 66.7 Å². The Labute approximate surface area is 189 Å². The predicted octanol–water partition coefficient (Wildman–Crippen LogP) is 4.93. The van der Waals surface area contributed by atoms with Crippen LogP contribution in [0.1, 0.15) is 34.3 Å². The molecule has 164 valence electrons. The van der Waals surface area contributed by atoms with E-state index in [1.807, 2.05) is 59.5 Å². The van der Waals surface area contributed by atoms with Gasteiger partial charge in [0.25, 0.3) is 5.91 Å². The Bertz CT molecular complexity index is 1080. The molecule has 0 bridgehead atoms. The summed E-state index contributed by atoms with van der Waals surface area (Å²) in [6, 6.07) is 25.7. The number of carbonyl (C=O) groups excluding carboxylic acids is 2. The highest BCUT2D eigenvalue weighted by Crippen LogP contribution is 2.24. The van der Waals surface area contributed by atoms with E-state index >= 15 is 0 Å². The topological polar surface area (TPSA) is 52.7 Å². The lowest BCUT2D eigenvalue weighted by Crippen LogP contribution is -2.36. The molecule has 0 aliphatic carbocycles. The second-order valence-electron chi connectivity index (χ2n) is 8.24. The van der Waals surface area contributed by atoms with Crippen LogP contribution in [0.5, 0.6) is 0 Å². The highest BCUT2D eigenvalue weighted by molar-refractivity contribution is 5.94. The summed E-state index contributed by atoms with van der Waals surface area (Å²) < 4.78 is 0. The number of hydrogen-bond donors (Lipinski definition) is 1. The Morgan fingerprint density at radius 2 is 1.62 bits per heavy atom. The lowest BCUT2D eigenvalue weighted by Gasteiger charge is -2.20. The largest absolute Gasteiger partial charge is 0.339 e. The first-order valence-electron chi connectivity index (χ1n) is 11.1. The molecule has 1 aliphatic heterocycles. The van der Waals surface area contributed by atoms with E-state index in [0.717, 1.165) is 48.2 Å². The van der Waals surface area contributed by atoms with Crippen LogP contribution in [0.25, 0.3) is 11.1 Å². The maximum atomic E-state index is 12.7. The first-order chi connectivity index (χ1) is 15.6. The van der Waals surface area contributed by atoms with Crippen molar-refractivity contribution in [2.75, 3.05) is 20.1 Å². The minimum Gasteiger partial charge on any atom is -0.339 e. The van der Waals surface area contributed by atoms with E-state index < -0.39 is 0 Å². The summed E-state index contributed by atoms with van der Waals surface area (Å²) in [5.41, 5.74) is 4.96. The normalized spacial score (nSPS) is 13.1. The zero-order chi connectivity index (χ0) is 22.3. The molecule has 3 amide bonds.